The average molecular weight is 563 g/mol. The number of piperidine rings is 1. The minimum Gasteiger partial charge on any atom is -0.465 e. The fourth-order valence-electron chi connectivity index (χ4n) is 4.74. The van der Waals surface area contributed by atoms with Gasteiger partial charge in [-0.25, -0.2) is 9.78 Å². The number of thiazole rings is 1. The number of hydrogen-bond donors (Lipinski definition) is 3. The van der Waals surface area contributed by atoms with Crippen molar-refractivity contribution in [2.45, 2.75) is 55.1 Å². The number of H-pyrrole nitrogens is 1. The van der Waals surface area contributed by atoms with Crippen molar-refractivity contribution in [3.05, 3.63) is 63.6 Å². The third kappa shape index (κ3) is 6.21. The SMILES string of the molecule is Cc1nc(C2CCN(C(=O)O)C(Cc3ccc(SC(F)(F)F)cc3)C2)sc1CNc1ccc2[nH]nnc2c1. The highest BCUT2D eigenvalue weighted by molar-refractivity contribution is 8.00. The van der Waals surface area contributed by atoms with Gasteiger partial charge in [-0.05, 0) is 73.8 Å². The van der Waals surface area contributed by atoms with Gasteiger partial charge in [-0.1, -0.05) is 17.3 Å². The number of hydrogen-bond acceptors (Lipinski definition) is 7. The van der Waals surface area contributed by atoms with Crippen LogP contribution in [0.4, 0.5) is 23.7 Å². The lowest BCUT2D eigenvalue weighted by Gasteiger charge is -2.37. The van der Waals surface area contributed by atoms with Gasteiger partial charge >= 0.3 is 11.6 Å². The lowest BCUT2D eigenvalue weighted by atomic mass is 9.88. The molecule has 1 saturated heterocycles. The predicted octanol–water partition coefficient (Wildman–Crippen LogP) is 6.42. The number of nitrogens with zero attached hydrogens (tertiary/aromatic N) is 4. The van der Waals surface area contributed by atoms with E-state index in [9.17, 15) is 23.1 Å². The standard InChI is InChI=1S/C25H25F3N6O2S2/c1-14-22(13-29-17-4-7-20-21(12-17)32-33-31-20)37-23(30-14)16-8-9-34(24(35)36)18(11-16)10-15-2-5-19(6-3-15)38-25(26,27)28/h2-7,12,16,18,29H,8-11,13H2,1H3,(H,35,36)(H,31,32,33). The number of carbonyl (C=O) groups is 1. The van der Waals surface area contributed by atoms with E-state index in [0.717, 1.165) is 37.9 Å². The number of benzene rings is 2. The number of rotatable bonds is 7. The highest BCUT2D eigenvalue weighted by atomic mass is 32.2. The second kappa shape index (κ2) is 10.8. The van der Waals surface area contributed by atoms with Gasteiger partial charge in [-0.15, -0.1) is 16.4 Å². The van der Waals surface area contributed by atoms with Gasteiger partial charge in [-0.3, -0.25) is 5.10 Å². The maximum atomic E-state index is 12.6. The van der Waals surface area contributed by atoms with Crippen molar-refractivity contribution < 1.29 is 23.1 Å². The normalized spacial score (nSPS) is 18.2. The number of carboxylic acid groups (broad SMARTS) is 1. The first-order chi connectivity index (χ1) is 18.1. The molecule has 0 bridgehead atoms. The summed E-state index contributed by atoms with van der Waals surface area (Å²) >= 11 is 1.47. The van der Waals surface area contributed by atoms with Gasteiger partial charge in [0.15, 0.2) is 0 Å². The number of amides is 1. The number of likely N-dealkylation sites (tertiary alicyclic amines) is 1. The molecular weight excluding hydrogens is 537 g/mol. The van der Waals surface area contributed by atoms with Crippen LogP contribution in [0.3, 0.4) is 0 Å². The Balaban J connectivity index is 1.26. The lowest BCUT2D eigenvalue weighted by molar-refractivity contribution is -0.0328. The zero-order chi connectivity index (χ0) is 26.9. The van der Waals surface area contributed by atoms with Crippen molar-refractivity contribution in [1.82, 2.24) is 25.3 Å². The number of aromatic nitrogens is 4. The van der Waals surface area contributed by atoms with Gasteiger partial charge in [0.05, 0.1) is 22.8 Å². The Morgan fingerprint density at radius 2 is 2.05 bits per heavy atom. The van der Waals surface area contributed by atoms with Crippen LogP contribution < -0.4 is 5.32 Å². The van der Waals surface area contributed by atoms with E-state index in [4.69, 9.17) is 4.98 Å². The predicted molar refractivity (Wildman–Crippen MR) is 141 cm³/mol. The van der Waals surface area contributed by atoms with E-state index in [1.165, 1.54) is 17.0 Å². The van der Waals surface area contributed by atoms with Gasteiger partial charge < -0.3 is 15.3 Å². The van der Waals surface area contributed by atoms with E-state index >= 15 is 0 Å². The summed E-state index contributed by atoms with van der Waals surface area (Å²) in [5.74, 6) is 0.111. The third-order valence-electron chi connectivity index (χ3n) is 6.63. The summed E-state index contributed by atoms with van der Waals surface area (Å²) in [5, 5.41) is 24.8. The molecule has 1 amide bonds. The first-order valence-corrected chi connectivity index (χ1v) is 13.6. The zero-order valence-electron chi connectivity index (χ0n) is 20.3. The number of fused-ring (bicyclic) bond motifs is 1. The summed E-state index contributed by atoms with van der Waals surface area (Å²) in [6.45, 7) is 2.96. The number of thioether (sulfide) groups is 1. The highest BCUT2D eigenvalue weighted by Gasteiger charge is 2.34. The van der Waals surface area contributed by atoms with Crippen molar-refractivity contribution in [2.24, 2.45) is 0 Å². The van der Waals surface area contributed by atoms with Crippen molar-refractivity contribution >= 4 is 45.9 Å². The third-order valence-corrected chi connectivity index (χ3v) is 8.69. The number of anilines is 1. The average Bonchev–Trinajstić information content (AvgIpc) is 3.48. The van der Waals surface area contributed by atoms with Crippen LogP contribution in [-0.2, 0) is 13.0 Å². The van der Waals surface area contributed by atoms with Crippen LogP contribution in [0, 0.1) is 6.92 Å². The Morgan fingerprint density at radius 1 is 1.26 bits per heavy atom. The summed E-state index contributed by atoms with van der Waals surface area (Å²) in [4.78, 5) is 19.4. The molecule has 0 saturated carbocycles. The van der Waals surface area contributed by atoms with E-state index in [1.54, 1.807) is 23.5 Å². The Morgan fingerprint density at radius 3 is 2.79 bits per heavy atom. The summed E-state index contributed by atoms with van der Waals surface area (Å²) in [6.07, 6.45) is 0.728. The molecule has 2 unspecified atom stereocenters. The molecule has 200 valence electrons. The van der Waals surface area contributed by atoms with E-state index < -0.39 is 11.6 Å². The van der Waals surface area contributed by atoms with Gasteiger partial charge in [0.1, 0.15) is 5.52 Å². The van der Waals surface area contributed by atoms with Crippen molar-refractivity contribution in [3.63, 3.8) is 0 Å². The minimum atomic E-state index is -4.34. The second-order valence-electron chi connectivity index (χ2n) is 9.20. The molecule has 5 rings (SSSR count). The minimum absolute atomic E-state index is 0.109. The smallest absolute Gasteiger partial charge is 0.446 e. The molecule has 3 heterocycles. The Labute approximate surface area is 224 Å². The van der Waals surface area contributed by atoms with Crippen LogP contribution in [-0.4, -0.2) is 54.6 Å². The molecule has 2 atom stereocenters. The van der Waals surface area contributed by atoms with Crippen molar-refractivity contribution in [1.29, 1.82) is 0 Å². The van der Waals surface area contributed by atoms with Crippen molar-refractivity contribution in [2.75, 3.05) is 11.9 Å². The quantitative estimate of drug-likeness (QED) is 0.223. The van der Waals surface area contributed by atoms with Gasteiger partial charge in [0.2, 0.25) is 0 Å². The Hall–Kier alpha value is -3.32. The molecule has 4 aromatic rings. The van der Waals surface area contributed by atoms with E-state index in [2.05, 4.69) is 20.7 Å². The molecule has 38 heavy (non-hydrogen) atoms. The molecule has 0 aliphatic carbocycles. The van der Waals surface area contributed by atoms with E-state index in [0.29, 0.717) is 32.4 Å². The van der Waals surface area contributed by atoms with Crippen LogP contribution >= 0.6 is 23.1 Å². The molecule has 2 aromatic heterocycles. The first kappa shape index (κ1) is 26.3. The molecule has 8 nitrogen and oxygen atoms in total. The first-order valence-electron chi connectivity index (χ1n) is 12.0. The number of nitrogens with one attached hydrogen (secondary N) is 2. The molecule has 2 aromatic carbocycles. The van der Waals surface area contributed by atoms with Gasteiger partial charge in [0, 0.05) is 34.0 Å². The van der Waals surface area contributed by atoms with Crippen molar-refractivity contribution in [3.8, 4) is 0 Å². The molecule has 0 radical (unpaired) electrons. The summed E-state index contributed by atoms with van der Waals surface area (Å²) < 4.78 is 37.9. The maximum absolute atomic E-state index is 12.6. The molecule has 1 aliphatic rings. The van der Waals surface area contributed by atoms with E-state index in [1.807, 2.05) is 25.1 Å². The summed E-state index contributed by atoms with van der Waals surface area (Å²) in [6, 6.07) is 11.7. The zero-order valence-corrected chi connectivity index (χ0v) is 22.0. The Kier molecular flexibility index (Phi) is 7.48. The lowest BCUT2D eigenvalue weighted by Crippen LogP contribution is -2.46. The van der Waals surface area contributed by atoms with Crippen LogP contribution in [0.2, 0.25) is 0 Å². The second-order valence-corrected chi connectivity index (χ2v) is 11.5. The molecule has 1 fully saturated rings. The molecule has 0 spiro atoms. The molecule has 13 heteroatoms. The van der Waals surface area contributed by atoms with Crippen LogP contribution in [0.1, 0.15) is 39.9 Å². The topological polar surface area (TPSA) is 107 Å². The fourth-order valence-corrected chi connectivity index (χ4v) is 6.44. The molecule has 3 N–H and O–H groups in total. The highest BCUT2D eigenvalue weighted by Crippen LogP contribution is 2.38. The monoisotopic (exact) mass is 562 g/mol. The van der Waals surface area contributed by atoms with Gasteiger partial charge in [-0.2, -0.15) is 13.2 Å². The van der Waals surface area contributed by atoms with Crippen LogP contribution in [0.15, 0.2) is 47.4 Å². The Bertz CT molecular complexity index is 1420. The number of alkyl halides is 3. The van der Waals surface area contributed by atoms with Crippen LogP contribution in [0.25, 0.3) is 11.0 Å². The molecule has 1 aliphatic heterocycles. The van der Waals surface area contributed by atoms with Crippen LogP contribution in [0.5, 0.6) is 0 Å². The van der Waals surface area contributed by atoms with E-state index in [-0.39, 0.29) is 28.6 Å². The largest absolute Gasteiger partial charge is 0.465 e. The number of halogens is 3. The maximum Gasteiger partial charge on any atom is 0.446 e. The molecular formula is C25H25F3N6O2S2. The summed E-state index contributed by atoms with van der Waals surface area (Å²) in [5.41, 5.74) is -0.0295. The number of aromatic amines is 1. The number of aryl methyl sites for hydroxylation is 1. The van der Waals surface area contributed by atoms with Gasteiger partial charge in [0.25, 0.3) is 0 Å². The summed E-state index contributed by atoms with van der Waals surface area (Å²) in [7, 11) is 0. The fraction of sp³-hybridized carbons (Fsp3) is 0.360.